The van der Waals surface area contributed by atoms with Crippen LogP contribution < -0.4 is 9.47 Å². The van der Waals surface area contributed by atoms with Gasteiger partial charge < -0.3 is 9.47 Å². The summed E-state index contributed by atoms with van der Waals surface area (Å²) in [5, 5.41) is 0. The third-order valence-corrected chi connectivity index (χ3v) is 5.41. The Morgan fingerprint density at radius 3 is 1.78 bits per heavy atom. The lowest BCUT2D eigenvalue weighted by atomic mass is 9.88. The molecule has 0 N–H and O–H groups in total. The smallest absolute Gasteiger partial charge is 0.249 e. The Morgan fingerprint density at radius 2 is 1.22 bits per heavy atom. The molecule has 1 unspecified atom stereocenters. The van der Waals surface area contributed by atoms with E-state index in [1.807, 2.05) is 24.3 Å². The van der Waals surface area contributed by atoms with Gasteiger partial charge in [0.05, 0.1) is 5.92 Å². The standard InChI is InChI=1S/C26H16F4O2/c27-20-13-16(14-21(28)25(20)29)15-9-11-17(12-10-15)31-26(30)24-18-5-1-3-7-22(18)32-23-8-4-2-6-19(23)24/h1-14,24,26H. The first kappa shape index (κ1) is 20.1. The predicted molar refractivity (Wildman–Crippen MR) is 112 cm³/mol. The number of ether oxygens (including phenoxy) is 2. The van der Waals surface area contributed by atoms with Gasteiger partial charge in [0.15, 0.2) is 17.5 Å². The molecule has 6 heteroatoms. The van der Waals surface area contributed by atoms with Crippen LogP contribution in [0.3, 0.4) is 0 Å². The van der Waals surface area contributed by atoms with E-state index in [1.54, 1.807) is 24.3 Å². The number of para-hydroxylation sites is 2. The lowest BCUT2D eigenvalue weighted by Gasteiger charge is -2.30. The summed E-state index contributed by atoms with van der Waals surface area (Å²) in [6, 6.07) is 22.3. The van der Waals surface area contributed by atoms with E-state index in [-0.39, 0.29) is 11.3 Å². The van der Waals surface area contributed by atoms with Crippen LogP contribution in [-0.4, -0.2) is 6.36 Å². The number of benzene rings is 4. The van der Waals surface area contributed by atoms with Gasteiger partial charge in [0, 0.05) is 11.1 Å². The molecular weight excluding hydrogens is 420 g/mol. The summed E-state index contributed by atoms with van der Waals surface area (Å²) >= 11 is 0. The van der Waals surface area contributed by atoms with Crippen LogP contribution in [0.2, 0.25) is 0 Å². The highest BCUT2D eigenvalue weighted by Crippen LogP contribution is 2.46. The molecule has 32 heavy (non-hydrogen) atoms. The van der Waals surface area contributed by atoms with E-state index in [0.29, 0.717) is 28.2 Å². The van der Waals surface area contributed by atoms with Crippen molar-refractivity contribution in [1.82, 2.24) is 0 Å². The Morgan fingerprint density at radius 1 is 0.688 bits per heavy atom. The first-order valence-electron chi connectivity index (χ1n) is 9.92. The molecule has 0 aliphatic carbocycles. The largest absolute Gasteiger partial charge is 0.459 e. The third kappa shape index (κ3) is 3.58. The predicted octanol–water partition coefficient (Wildman–Crippen LogP) is 7.38. The van der Waals surface area contributed by atoms with E-state index >= 15 is 4.39 Å². The van der Waals surface area contributed by atoms with Crippen molar-refractivity contribution in [2.24, 2.45) is 0 Å². The second kappa shape index (κ2) is 8.04. The number of hydrogen-bond donors (Lipinski definition) is 0. The SMILES string of the molecule is Fc1cc(-c2ccc(OC(F)C3c4ccccc4Oc4ccccc43)cc2)cc(F)c1F. The van der Waals surface area contributed by atoms with Crippen LogP contribution >= 0.6 is 0 Å². The highest BCUT2D eigenvalue weighted by molar-refractivity contribution is 5.64. The molecule has 2 nitrogen and oxygen atoms in total. The molecule has 0 spiro atoms. The lowest BCUT2D eigenvalue weighted by Crippen LogP contribution is -2.24. The minimum absolute atomic E-state index is 0.164. The van der Waals surface area contributed by atoms with Gasteiger partial charge in [0.2, 0.25) is 6.36 Å². The van der Waals surface area contributed by atoms with E-state index < -0.39 is 29.7 Å². The van der Waals surface area contributed by atoms with Crippen molar-refractivity contribution in [3.05, 3.63) is 114 Å². The van der Waals surface area contributed by atoms with Gasteiger partial charge in [-0.15, -0.1) is 0 Å². The lowest BCUT2D eigenvalue weighted by molar-refractivity contribution is 0.0495. The Hall–Kier alpha value is -3.80. The van der Waals surface area contributed by atoms with Gasteiger partial charge in [-0.05, 0) is 47.5 Å². The Kier molecular flexibility index (Phi) is 5.05. The van der Waals surface area contributed by atoms with Crippen LogP contribution in [0.4, 0.5) is 17.6 Å². The summed E-state index contributed by atoms with van der Waals surface area (Å²) in [6.07, 6.45) is -1.72. The van der Waals surface area contributed by atoms with Crippen molar-refractivity contribution in [1.29, 1.82) is 0 Å². The molecule has 0 aromatic heterocycles. The molecule has 1 aliphatic heterocycles. The Bertz CT molecular complexity index is 1220. The Balaban J connectivity index is 1.42. The maximum atomic E-state index is 15.5. The second-order valence-electron chi connectivity index (χ2n) is 7.40. The highest BCUT2D eigenvalue weighted by Gasteiger charge is 2.34. The molecule has 0 saturated carbocycles. The number of alkyl halides is 1. The molecule has 1 heterocycles. The summed E-state index contributed by atoms with van der Waals surface area (Å²) in [6.45, 7) is 0. The van der Waals surface area contributed by atoms with Gasteiger partial charge in [-0.3, -0.25) is 0 Å². The fraction of sp³-hybridized carbons (Fsp3) is 0.0769. The molecule has 160 valence electrons. The average molecular weight is 436 g/mol. The van der Waals surface area contributed by atoms with Crippen LogP contribution in [0.15, 0.2) is 84.9 Å². The van der Waals surface area contributed by atoms with Crippen LogP contribution in [0.5, 0.6) is 17.2 Å². The van der Waals surface area contributed by atoms with Gasteiger partial charge >= 0.3 is 0 Å². The number of hydrogen-bond acceptors (Lipinski definition) is 2. The topological polar surface area (TPSA) is 18.5 Å². The van der Waals surface area contributed by atoms with Crippen LogP contribution in [0.1, 0.15) is 17.0 Å². The molecule has 4 aromatic carbocycles. The second-order valence-corrected chi connectivity index (χ2v) is 7.40. The van der Waals surface area contributed by atoms with E-state index in [9.17, 15) is 13.2 Å². The zero-order valence-electron chi connectivity index (χ0n) is 16.6. The van der Waals surface area contributed by atoms with Crippen molar-refractivity contribution in [3.63, 3.8) is 0 Å². The van der Waals surface area contributed by atoms with Gasteiger partial charge in [-0.1, -0.05) is 48.5 Å². The summed E-state index contributed by atoms with van der Waals surface area (Å²) < 4.78 is 67.2. The molecule has 5 rings (SSSR count). The average Bonchev–Trinajstić information content (AvgIpc) is 2.81. The van der Waals surface area contributed by atoms with Crippen LogP contribution in [0.25, 0.3) is 11.1 Å². The van der Waals surface area contributed by atoms with Gasteiger partial charge in [0.25, 0.3) is 0 Å². The minimum atomic E-state index is -1.72. The molecule has 0 bridgehead atoms. The van der Waals surface area contributed by atoms with E-state index in [0.717, 1.165) is 12.1 Å². The van der Waals surface area contributed by atoms with E-state index in [4.69, 9.17) is 9.47 Å². The number of halogens is 4. The molecule has 1 aliphatic rings. The molecule has 4 aromatic rings. The summed E-state index contributed by atoms with van der Waals surface area (Å²) in [4.78, 5) is 0. The quantitative estimate of drug-likeness (QED) is 0.245. The molecule has 0 fully saturated rings. The van der Waals surface area contributed by atoms with Crippen LogP contribution in [0, 0.1) is 17.5 Å². The summed E-state index contributed by atoms with van der Waals surface area (Å²) in [7, 11) is 0. The summed E-state index contributed by atoms with van der Waals surface area (Å²) in [5.74, 6) is -3.40. The highest BCUT2D eigenvalue weighted by atomic mass is 19.2. The van der Waals surface area contributed by atoms with Crippen molar-refractivity contribution in [2.75, 3.05) is 0 Å². The van der Waals surface area contributed by atoms with E-state index in [1.165, 1.54) is 24.3 Å². The minimum Gasteiger partial charge on any atom is -0.459 e. The van der Waals surface area contributed by atoms with Crippen molar-refractivity contribution in [2.45, 2.75) is 12.3 Å². The van der Waals surface area contributed by atoms with Gasteiger partial charge in [-0.25, -0.2) is 17.6 Å². The van der Waals surface area contributed by atoms with Crippen molar-refractivity contribution < 1.29 is 27.0 Å². The Labute approximate surface area is 181 Å². The molecule has 0 radical (unpaired) electrons. The third-order valence-electron chi connectivity index (χ3n) is 5.41. The maximum absolute atomic E-state index is 15.5. The first-order valence-corrected chi connectivity index (χ1v) is 9.92. The fourth-order valence-corrected chi connectivity index (χ4v) is 3.88. The van der Waals surface area contributed by atoms with E-state index in [2.05, 4.69) is 0 Å². The molecule has 0 amide bonds. The van der Waals surface area contributed by atoms with Crippen molar-refractivity contribution in [3.8, 4) is 28.4 Å². The monoisotopic (exact) mass is 436 g/mol. The zero-order valence-corrected chi connectivity index (χ0v) is 16.6. The van der Waals surface area contributed by atoms with Gasteiger partial charge in [0.1, 0.15) is 17.2 Å². The summed E-state index contributed by atoms with van der Waals surface area (Å²) in [5.41, 5.74) is 1.95. The normalized spacial score (nSPS) is 13.6. The van der Waals surface area contributed by atoms with Gasteiger partial charge in [-0.2, -0.15) is 0 Å². The number of rotatable bonds is 4. The zero-order chi connectivity index (χ0) is 22.2. The fourth-order valence-electron chi connectivity index (χ4n) is 3.88. The molecule has 0 saturated heterocycles. The molecular formula is C26H16F4O2. The molecule has 1 atom stereocenters. The van der Waals surface area contributed by atoms with Crippen LogP contribution in [-0.2, 0) is 0 Å². The maximum Gasteiger partial charge on any atom is 0.249 e. The number of fused-ring (bicyclic) bond motifs is 2. The van der Waals surface area contributed by atoms with Crippen molar-refractivity contribution >= 4 is 0 Å². The first-order chi connectivity index (χ1) is 15.5.